The third-order valence-electron chi connectivity index (χ3n) is 6.92. The minimum atomic E-state index is -1.13. The van der Waals surface area contributed by atoms with Crippen LogP contribution in [0.2, 0.25) is 0 Å². The van der Waals surface area contributed by atoms with Crippen molar-refractivity contribution in [3.63, 3.8) is 0 Å². The normalized spacial score (nSPS) is 15.9. The summed E-state index contributed by atoms with van der Waals surface area (Å²) in [4.78, 5) is 42.4. The molecule has 0 saturated heterocycles. The van der Waals surface area contributed by atoms with Gasteiger partial charge in [-0.25, -0.2) is 20.4 Å². The molecule has 3 rings (SSSR count). The van der Waals surface area contributed by atoms with Gasteiger partial charge in [0.05, 0.1) is 17.6 Å². The summed E-state index contributed by atoms with van der Waals surface area (Å²) in [7, 11) is 1.87. The fourth-order valence-electron chi connectivity index (χ4n) is 4.85. The van der Waals surface area contributed by atoms with Gasteiger partial charge in [-0.3, -0.25) is 9.80 Å². The molecule has 7 N–H and O–H groups in total. The Bertz CT molecular complexity index is 1030. The van der Waals surface area contributed by atoms with Crippen LogP contribution in [0.1, 0.15) is 63.6 Å². The van der Waals surface area contributed by atoms with Gasteiger partial charge >= 0.3 is 12.0 Å². The van der Waals surface area contributed by atoms with Crippen LogP contribution in [0.4, 0.5) is 4.79 Å². The number of aryl methyl sites for hydroxylation is 1. The molecule has 0 spiro atoms. The van der Waals surface area contributed by atoms with Crippen LogP contribution in [0, 0.1) is 5.92 Å². The van der Waals surface area contributed by atoms with Crippen LogP contribution in [0.5, 0.6) is 0 Å². The molecule has 0 radical (unpaired) electrons. The van der Waals surface area contributed by atoms with Crippen molar-refractivity contribution in [2.45, 2.75) is 76.4 Å². The molecule has 2 unspecified atom stereocenters. The number of imidazole rings is 1. The van der Waals surface area contributed by atoms with Gasteiger partial charge in [0, 0.05) is 7.05 Å². The van der Waals surface area contributed by atoms with Crippen LogP contribution in [0.3, 0.4) is 0 Å². The molecule has 36 heavy (non-hydrogen) atoms. The Morgan fingerprint density at radius 2 is 1.83 bits per heavy atom. The monoisotopic (exact) mass is 501 g/mol. The second-order valence-electron chi connectivity index (χ2n) is 9.63. The van der Waals surface area contributed by atoms with Gasteiger partial charge < -0.3 is 26.0 Å². The van der Waals surface area contributed by atoms with E-state index in [1.807, 2.05) is 35.9 Å². The number of para-hydroxylation sites is 2. The number of rotatable bonds is 12. The minimum absolute atomic E-state index is 0.0747. The molecule has 0 aliphatic heterocycles. The highest BCUT2D eigenvalue weighted by Crippen LogP contribution is 2.28. The van der Waals surface area contributed by atoms with Gasteiger partial charge in [-0.05, 0) is 50.3 Å². The summed E-state index contributed by atoms with van der Waals surface area (Å²) in [5.74, 6) is 5.56. The number of benzene rings is 1. The van der Waals surface area contributed by atoms with Crippen molar-refractivity contribution >= 4 is 28.9 Å². The summed E-state index contributed by atoms with van der Waals surface area (Å²) in [6.07, 6.45) is 7.27. The number of unbranched alkanes of at least 4 members (excludes halogenated alkanes) is 1. The fraction of sp³-hybridized carbons (Fsp3) is 0.600. The highest BCUT2D eigenvalue weighted by molar-refractivity contribution is 5.88. The number of nitrogens with one attached hydrogen (secondary N) is 2. The first-order chi connectivity index (χ1) is 17.3. The molecular formula is C25H39N7O4. The maximum atomic E-state index is 13.4. The highest BCUT2D eigenvalue weighted by atomic mass is 16.4. The Morgan fingerprint density at radius 1 is 1.14 bits per heavy atom. The van der Waals surface area contributed by atoms with E-state index in [1.165, 1.54) is 6.42 Å². The van der Waals surface area contributed by atoms with Gasteiger partial charge in [0.1, 0.15) is 17.9 Å². The maximum absolute atomic E-state index is 13.4. The Morgan fingerprint density at radius 3 is 2.50 bits per heavy atom. The van der Waals surface area contributed by atoms with Crippen molar-refractivity contribution in [1.82, 2.24) is 25.2 Å². The zero-order valence-corrected chi connectivity index (χ0v) is 21.0. The van der Waals surface area contributed by atoms with Crippen molar-refractivity contribution in [1.29, 1.82) is 0 Å². The number of nitrogens with zero attached hydrogens (tertiary/aromatic N) is 3. The Hall–Kier alpha value is -3.18. The number of hydrazine groups is 1. The number of carboxylic acids is 1. The summed E-state index contributed by atoms with van der Waals surface area (Å²) in [6, 6.07) is 5.03. The molecule has 1 aliphatic rings. The zero-order chi connectivity index (χ0) is 26.1. The van der Waals surface area contributed by atoms with Crippen molar-refractivity contribution in [2.24, 2.45) is 24.5 Å². The lowest BCUT2D eigenvalue weighted by Crippen LogP contribution is -2.55. The third kappa shape index (κ3) is 7.41. The number of carbonyl (C=O) groups excluding carboxylic acids is 2. The third-order valence-corrected chi connectivity index (χ3v) is 6.92. The van der Waals surface area contributed by atoms with Crippen LogP contribution in [-0.4, -0.2) is 56.2 Å². The van der Waals surface area contributed by atoms with E-state index in [1.54, 1.807) is 0 Å². The Kier molecular flexibility index (Phi) is 10.1. The number of aromatic nitrogens is 2. The molecule has 1 aromatic heterocycles. The molecule has 2 aromatic rings. The van der Waals surface area contributed by atoms with E-state index in [0.717, 1.165) is 41.7 Å². The lowest BCUT2D eigenvalue weighted by Gasteiger charge is -2.29. The Labute approximate surface area is 211 Å². The highest BCUT2D eigenvalue weighted by Gasteiger charge is 2.30. The van der Waals surface area contributed by atoms with Crippen LogP contribution < -0.4 is 22.2 Å². The Balaban J connectivity index is 1.70. The van der Waals surface area contributed by atoms with E-state index >= 15 is 0 Å². The first-order valence-corrected chi connectivity index (χ1v) is 12.8. The number of carbonyl (C=O) groups is 3. The van der Waals surface area contributed by atoms with E-state index in [4.69, 9.17) is 11.6 Å². The first kappa shape index (κ1) is 27.4. The number of hydrogen-bond acceptors (Lipinski definition) is 6. The molecule has 3 amide bonds. The number of carboxylic acid groups (broad SMARTS) is 1. The molecule has 1 aromatic carbocycles. The van der Waals surface area contributed by atoms with Crippen LogP contribution in [0.25, 0.3) is 11.0 Å². The summed E-state index contributed by atoms with van der Waals surface area (Å²) < 4.78 is 1.89. The number of fused-ring (bicyclic) bond motifs is 1. The average Bonchev–Trinajstić information content (AvgIpc) is 3.18. The van der Waals surface area contributed by atoms with Gasteiger partial charge in [-0.2, -0.15) is 0 Å². The quantitative estimate of drug-likeness (QED) is 0.128. The summed E-state index contributed by atoms with van der Waals surface area (Å²) >= 11 is 0. The lowest BCUT2D eigenvalue weighted by molar-refractivity contribution is -0.139. The number of amides is 3. The smallest absolute Gasteiger partial charge is 0.326 e. The molecule has 1 aliphatic carbocycles. The second-order valence-corrected chi connectivity index (χ2v) is 9.63. The van der Waals surface area contributed by atoms with Crippen molar-refractivity contribution < 1.29 is 19.5 Å². The van der Waals surface area contributed by atoms with Crippen LogP contribution >= 0.6 is 0 Å². The molecule has 11 nitrogen and oxygen atoms in total. The number of hydrogen-bond donors (Lipinski definition) is 5. The van der Waals surface area contributed by atoms with Gasteiger partial charge in [0.15, 0.2) is 0 Å². The van der Waals surface area contributed by atoms with Gasteiger partial charge in [0.2, 0.25) is 0 Å². The molecule has 1 saturated carbocycles. The molecule has 1 heterocycles. The van der Waals surface area contributed by atoms with E-state index in [0.29, 0.717) is 31.6 Å². The molecular weight excluding hydrogens is 462 g/mol. The van der Waals surface area contributed by atoms with Crippen molar-refractivity contribution in [3.8, 4) is 0 Å². The molecule has 198 valence electrons. The lowest BCUT2D eigenvalue weighted by atomic mass is 9.84. The topological polar surface area (TPSA) is 169 Å². The number of nitrogens with two attached hydrogens (primary N) is 2. The first-order valence-electron chi connectivity index (χ1n) is 12.8. The SMILES string of the molecule is Cn1c(CN(N)C(=O)C(CC2CCCCC2)NC(=O)NC(CCCCN)C(=O)O)nc2ccccc21. The molecule has 1 fully saturated rings. The van der Waals surface area contributed by atoms with E-state index < -0.39 is 30.0 Å². The molecule has 2 atom stereocenters. The number of aliphatic carboxylic acids is 1. The summed E-state index contributed by atoms with van der Waals surface area (Å²) in [6.45, 7) is 0.527. The zero-order valence-electron chi connectivity index (χ0n) is 21.0. The van der Waals surface area contributed by atoms with Crippen LogP contribution in [0.15, 0.2) is 24.3 Å². The predicted octanol–water partition coefficient (Wildman–Crippen LogP) is 2.00. The average molecular weight is 502 g/mol. The standard InChI is InChI=1S/C25H39N7O4/c1-31-21-13-6-5-11-18(21)28-22(31)16-32(27)23(33)20(15-17-9-3-2-4-10-17)30-25(36)29-19(24(34)35)12-7-8-14-26/h5-6,11,13,17,19-20H,2-4,7-10,12,14-16,26-27H2,1H3,(H,34,35)(H2,29,30,36). The minimum Gasteiger partial charge on any atom is -0.480 e. The van der Waals surface area contributed by atoms with Crippen LogP contribution in [-0.2, 0) is 23.2 Å². The van der Waals surface area contributed by atoms with Crippen molar-refractivity contribution in [3.05, 3.63) is 30.1 Å². The van der Waals surface area contributed by atoms with E-state index in [-0.39, 0.29) is 18.9 Å². The van der Waals surface area contributed by atoms with Gasteiger partial charge in [0.25, 0.3) is 5.91 Å². The molecule has 11 heteroatoms. The van der Waals surface area contributed by atoms with E-state index in [9.17, 15) is 19.5 Å². The van der Waals surface area contributed by atoms with Crippen molar-refractivity contribution in [2.75, 3.05) is 6.54 Å². The van der Waals surface area contributed by atoms with Gasteiger partial charge in [-0.1, -0.05) is 44.2 Å². The van der Waals surface area contributed by atoms with Gasteiger partial charge in [-0.15, -0.1) is 0 Å². The number of urea groups is 1. The summed E-state index contributed by atoms with van der Waals surface area (Å²) in [5.41, 5.74) is 7.22. The largest absolute Gasteiger partial charge is 0.480 e. The predicted molar refractivity (Wildman–Crippen MR) is 136 cm³/mol. The fourth-order valence-corrected chi connectivity index (χ4v) is 4.85. The summed E-state index contributed by atoms with van der Waals surface area (Å²) in [5, 5.41) is 15.8. The maximum Gasteiger partial charge on any atom is 0.326 e. The van der Waals surface area contributed by atoms with E-state index in [2.05, 4.69) is 15.6 Å². The second kappa shape index (κ2) is 13.2. The molecule has 0 bridgehead atoms.